The Morgan fingerprint density at radius 2 is 2.13 bits per heavy atom. The SMILES string of the molecule is O=C1CNC(=S)N1CCCCS(=O)(=O)O. The van der Waals surface area contributed by atoms with E-state index in [-0.39, 0.29) is 18.2 Å². The van der Waals surface area contributed by atoms with Gasteiger partial charge in [0, 0.05) is 6.54 Å². The van der Waals surface area contributed by atoms with Crippen LogP contribution < -0.4 is 5.32 Å². The van der Waals surface area contributed by atoms with Crippen molar-refractivity contribution in [3.63, 3.8) is 0 Å². The normalized spacial score (nSPS) is 17.0. The van der Waals surface area contributed by atoms with E-state index in [1.54, 1.807) is 0 Å². The molecule has 0 aromatic heterocycles. The lowest BCUT2D eigenvalue weighted by molar-refractivity contribution is -0.124. The van der Waals surface area contributed by atoms with Crippen LogP contribution in [0.4, 0.5) is 0 Å². The highest BCUT2D eigenvalue weighted by molar-refractivity contribution is 7.85. The summed E-state index contributed by atoms with van der Waals surface area (Å²) in [5.41, 5.74) is 0. The first-order valence-corrected chi connectivity index (χ1v) is 6.45. The monoisotopic (exact) mass is 252 g/mol. The Kier molecular flexibility index (Phi) is 4.00. The predicted molar refractivity (Wildman–Crippen MR) is 58.0 cm³/mol. The molecule has 0 spiro atoms. The van der Waals surface area contributed by atoms with E-state index in [1.165, 1.54) is 4.90 Å². The third kappa shape index (κ3) is 4.10. The van der Waals surface area contributed by atoms with Gasteiger partial charge in [0.15, 0.2) is 5.11 Å². The summed E-state index contributed by atoms with van der Waals surface area (Å²) < 4.78 is 29.3. The van der Waals surface area contributed by atoms with Gasteiger partial charge < -0.3 is 5.32 Å². The molecule has 0 aromatic rings. The number of rotatable bonds is 5. The zero-order valence-electron chi connectivity index (χ0n) is 7.97. The number of carbonyl (C=O) groups is 1. The van der Waals surface area contributed by atoms with Gasteiger partial charge in [-0.2, -0.15) is 8.42 Å². The highest BCUT2D eigenvalue weighted by Gasteiger charge is 2.24. The van der Waals surface area contributed by atoms with E-state index < -0.39 is 10.1 Å². The third-order valence-electron chi connectivity index (χ3n) is 1.97. The van der Waals surface area contributed by atoms with Gasteiger partial charge >= 0.3 is 0 Å². The molecule has 8 heteroatoms. The second kappa shape index (κ2) is 4.86. The molecule has 86 valence electrons. The average molecular weight is 252 g/mol. The first-order valence-electron chi connectivity index (χ1n) is 4.43. The minimum absolute atomic E-state index is 0.105. The van der Waals surface area contributed by atoms with Crippen LogP contribution in [0.3, 0.4) is 0 Å². The molecule has 1 aliphatic rings. The molecule has 0 aromatic carbocycles. The first kappa shape index (κ1) is 12.3. The molecule has 0 atom stereocenters. The number of nitrogens with zero attached hydrogens (tertiary/aromatic N) is 1. The highest BCUT2D eigenvalue weighted by Crippen LogP contribution is 2.03. The molecule has 1 aliphatic heterocycles. The summed E-state index contributed by atoms with van der Waals surface area (Å²) in [5.74, 6) is -0.387. The molecule has 0 bridgehead atoms. The van der Waals surface area contributed by atoms with E-state index in [9.17, 15) is 13.2 Å². The maximum Gasteiger partial charge on any atom is 0.264 e. The summed E-state index contributed by atoms with van der Waals surface area (Å²) in [5, 5.41) is 3.10. The number of thiocarbonyl (C=S) groups is 1. The summed E-state index contributed by atoms with van der Waals surface area (Å²) >= 11 is 4.87. The van der Waals surface area contributed by atoms with Crippen molar-refractivity contribution < 1.29 is 17.8 Å². The lowest BCUT2D eigenvalue weighted by Gasteiger charge is -2.13. The van der Waals surface area contributed by atoms with Gasteiger partial charge in [0.1, 0.15) is 0 Å². The molecule has 1 saturated heterocycles. The van der Waals surface area contributed by atoms with E-state index in [1.807, 2.05) is 0 Å². The van der Waals surface area contributed by atoms with Crippen molar-refractivity contribution in [3.05, 3.63) is 0 Å². The van der Waals surface area contributed by atoms with E-state index >= 15 is 0 Å². The number of amides is 1. The predicted octanol–water partition coefficient (Wildman–Crippen LogP) is -0.629. The lowest BCUT2D eigenvalue weighted by atomic mass is 10.3. The van der Waals surface area contributed by atoms with Crippen LogP contribution in [0, 0.1) is 0 Å². The van der Waals surface area contributed by atoms with Crippen LogP contribution in [-0.4, -0.2) is 47.7 Å². The van der Waals surface area contributed by atoms with E-state index in [2.05, 4.69) is 5.32 Å². The van der Waals surface area contributed by atoms with Gasteiger partial charge in [-0.1, -0.05) is 0 Å². The number of hydrogen-bond donors (Lipinski definition) is 2. The number of carbonyl (C=O) groups excluding carboxylic acids is 1. The van der Waals surface area contributed by atoms with Crippen molar-refractivity contribution in [1.29, 1.82) is 0 Å². The van der Waals surface area contributed by atoms with E-state index in [0.717, 1.165) is 0 Å². The minimum Gasteiger partial charge on any atom is -0.353 e. The molecule has 0 unspecified atom stereocenters. The van der Waals surface area contributed by atoms with Gasteiger partial charge in [-0.3, -0.25) is 14.2 Å². The molecular formula is C7H12N2O4S2. The van der Waals surface area contributed by atoms with Gasteiger partial charge in [0.05, 0.1) is 12.3 Å². The maximum atomic E-state index is 11.2. The van der Waals surface area contributed by atoms with Gasteiger partial charge in [0.25, 0.3) is 10.1 Å². The summed E-state index contributed by atoms with van der Waals surface area (Å²) in [7, 11) is -3.90. The lowest BCUT2D eigenvalue weighted by Crippen LogP contribution is -2.31. The van der Waals surface area contributed by atoms with Crippen LogP contribution in [0.15, 0.2) is 0 Å². The summed E-state index contributed by atoms with van der Waals surface area (Å²) in [4.78, 5) is 12.6. The number of hydrogen-bond acceptors (Lipinski definition) is 4. The molecule has 2 N–H and O–H groups in total. The smallest absolute Gasteiger partial charge is 0.264 e. The van der Waals surface area contributed by atoms with Gasteiger partial charge in [0.2, 0.25) is 5.91 Å². The fraction of sp³-hybridized carbons (Fsp3) is 0.714. The molecule has 1 fully saturated rings. The largest absolute Gasteiger partial charge is 0.353 e. The highest BCUT2D eigenvalue weighted by atomic mass is 32.2. The Morgan fingerprint density at radius 1 is 1.47 bits per heavy atom. The molecule has 0 aliphatic carbocycles. The van der Waals surface area contributed by atoms with Crippen LogP contribution >= 0.6 is 12.2 Å². The summed E-state index contributed by atoms with van der Waals surface area (Å²) in [6.45, 7) is 0.595. The summed E-state index contributed by atoms with van der Waals surface area (Å²) in [6, 6.07) is 0. The van der Waals surface area contributed by atoms with E-state index in [4.69, 9.17) is 16.8 Å². The Bertz CT molecular complexity index is 349. The van der Waals surface area contributed by atoms with Crippen molar-refractivity contribution >= 4 is 33.4 Å². The summed E-state index contributed by atoms with van der Waals surface area (Å²) in [6.07, 6.45) is 0.804. The Morgan fingerprint density at radius 3 is 2.60 bits per heavy atom. The molecular weight excluding hydrogens is 240 g/mol. The molecule has 0 saturated carbocycles. The zero-order valence-corrected chi connectivity index (χ0v) is 9.60. The Balaban J connectivity index is 2.26. The molecule has 1 heterocycles. The fourth-order valence-electron chi connectivity index (χ4n) is 1.24. The van der Waals surface area contributed by atoms with Crippen LogP contribution in [0.1, 0.15) is 12.8 Å². The molecule has 1 amide bonds. The van der Waals surface area contributed by atoms with Crippen molar-refractivity contribution in [2.45, 2.75) is 12.8 Å². The maximum absolute atomic E-state index is 11.2. The minimum atomic E-state index is -3.90. The quantitative estimate of drug-likeness (QED) is 0.385. The number of nitrogens with one attached hydrogen (secondary N) is 1. The molecule has 0 radical (unpaired) electrons. The van der Waals surface area contributed by atoms with E-state index in [0.29, 0.717) is 24.5 Å². The third-order valence-corrected chi connectivity index (χ3v) is 3.14. The van der Waals surface area contributed by atoms with Crippen molar-refractivity contribution in [3.8, 4) is 0 Å². The number of unbranched alkanes of at least 4 members (excludes halogenated alkanes) is 1. The second-order valence-electron chi connectivity index (χ2n) is 3.20. The first-order chi connectivity index (χ1) is 6.90. The van der Waals surface area contributed by atoms with Crippen LogP contribution in [0.2, 0.25) is 0 Å². The molecule has 1 rings (SSSR count). The topological polar surface area (TPSA) is 86.7 Å². The van der Waals surface area contributed by atoms with Gasteiger partial charge in [-0.25, -0.2) is 0 Å². The standard InChI is InChI=1S/C7H12N2O4S2/c10-6-5-8-7(14)9(6)3-1-2-4-15(11,12)13/h1-5H2,(H,8,14)(H,11,12,13). The van der Waals surface area contributed by atoms with Crippen LogP contribution in [0.5, 0.6) is 0 Å². The van der Waals surface area contributed by atoms with Crippen LogP contribution in [-0.2, 0) is 14.9 Å². The molecule has 15 heavy (non-hydrogen) atoms. The molecule has 6 nitrogen and oxygen atoms in total. The Hall–Kier alpha value is -0.730. The fourth-order valence-corrected chi connectivity index (χ4v) is 2.07. The van der Waals surface area contributed by atoms with Crippen LogP contribution in [0.25, 0.3) is 0 Å². The zero-order chi connectivity index (χ0) is 11.5. The average Bonchev–Trinajstić information content (AvgIpc) is 2.40. The van der Waals surface area contributed by atoms with Gasteiger partial charge in [-0.05, 0) is 25.1 Å². The second-order valence-corrected chi connectivity index (χ2v) is 5.16. The van der Waals surface area contributed by atoms with Gasteiger partial charge in [-0.15, -0.1) is 0 Å². The Labute approximate surface area is 93.4 Å². The van der Waals surface area contributed by atoms with Crippen molar-refractivity contribution in [2.75, 3.05) is 18.8 Å². The van der Waals surface area contributed by atoms with Crippen molar-refractivity contribution in [1.82, 2.24) is 10.2 Å². The van der Waals surface area contributed by atoms with Crippen molar-refractivity contribution in [2.24, 2.45) is 0 Å².